The standard InChI is InChI=1S/C21H22N2O5/c1-3-28-18-7-5-4-6-15(18)10-13-19(24)23-17-11-8-16(9-12-17)21(26)22-14-20(25)27-2/h4-13H,3,14H2,1-2H3,(H,22,26)(H,23,24)/b13-10+. The van der Waals surface area contributed by atoms with Gasteiger partial charge in [-0.2, -0.15) is 0 Å². The van der Waals surface area contributed by atoms with E-state index in [4.69, 9.17) is 4.74 Å². The first kappa shape index (κ1) is 20.7. The lowest BCUT2D eigenvalue weighted by atomic mass is 10.1. The van der Waals surface area contributed by atoms with Crippen molar-refractivity contribution in [3.05, 3.63) is 65.7 Å². The van der Waals surface area contributed by atoms with Crippen LogP contribution in [0.15, 0.2) is 54.6 Å². The van der Waals surface area contributed by atoms with Crippen LogP contribution < -0.4 is 15.4 Å². The second-order valence-electron chi connectivity index (χ2n) is 5.63. The fourth-order valence-electron chi connectivity index (χ4n) is 2.29. The van der Waals surface area contributed by atoms with Crippen molar-refractivity contribution >= 4 is 29.5 Å². The number of carbonyl (C=O) groups is 3. The first-order chi connectivity index (χ1) is 13.5. The van der Waals surface area contributed by atoms with Crippen LogP contribution in [0.25, 0.3) is 6.08 Å². The molecule has 0 heterocycles. The van der Waals surface area contributed by atoms with E-state index in [9.17, 15) is 14.4 Å². The molecule has 146 valence electrons. The number of amides is 2. The van der Waals surface area contributed by atoms with Gasteiger partial charge in [0, 0.05) is 22.9 Å². The number of nitrogens with one attached hydrogen (secondary N) is 2. The van der Waals surface area contributed by atoms with Crippen LogP contribution in [0.1, 0.15) is 22.8 Å². The van der Waals surface area contributed by atoms with Gasteiger partial charge in [0.15, 0.2) is 0 Å². The molecule has 0 aliphatic heterocycles. The molecule has 0 aromatic heterocycles. The maximum atomic E-state index is 12.1. The Balaban J connectivity index is 1.94. The van der Waals surface area contributed by atoms with Crippen LogP contribution in [0.4, 0.5) is 5.69 Å². The molecule has 0 spiro atoms. The van der Waals surface area contributed by atoms with Crippen molar-refractivity contribution < 1.29 is 23.9 Å². The van der Waals surface area contributed by atoms with Crippen LogP contribution in [0, 0.1) is 0 Å². The lowest BCUT2D eigenvalue weighted by Gasteiger charge is -2.07. The van der Waals surface area contributed by atoms with Gasteiger partial charge in [0.25, 0.3) is 5.91 Å². The second kappa shape index (κ2) is 10.5. The molecule has 7 nitrogen and oxygen atoms in total. The largest absolute Gasteiger partial charge is 0.493 e. The number of hydrogen-bond acceptors (Lipinski definition) is 5. The van der Waals surface area contributed by atoms with Gasteiger partial charge in [-0.3, -0.25) is 14.4 Å². The van der Waals surface area contributed by atoms with Crippen molar-refractivity contribution in [3.8, 4) is 5.75 Å². The van der Waals surface area contributed by atoms with Crippen LogP contribution in [0.2, 0.25) is 0 Å². The van der Waals surface area contributed by atoms with E-state index in [1.807, 2.05) is 31.2 Å². The van der Waals surface area contributed by atoms with Crippen molar-refractivity contribution in [2.45, 2.75) is 6.92 Å². The molecular formula is C21H22N2O5. The van der Waals surface area contributed by atoms with Gasteiger partial charge < -0.3 is 20.1 Å². The van der Waals surface area contributed by atoms with Gasteiger partial charge in [0.1, 0.15) is 12.3 Å². The fourth-order valence-corrected chi connectivity index (χ4v) is 2.29. The van der Waals surface area contributed by atoms with Crippen molar-refractivity contribution in [2.24, 2.45) is 0 Å². The summed E-state index contributed by atoms with van der Waals surface area (Å²) in [5.41, 5.74) is 1.71. The molecule has 0 bridgehead atoms. The zero-order valence-corrected chi connectivity index (χ0v) is 15.7. The molecule has 0 radical (unpaired) electrons. The molecule has 0 aliphatic rings. The van der Waals surface area contributed by atoms with E-state index in [1.54, 1.807) is 30.3 Å². The average molecular weight is 382 g/mol. The summed E-state index contributed by atoms with van der Waals surface area (Å²) in [5.74, 6) is -0.545. The Morgan fingerprint density at radius 3 is 2.43 bits per heavy atom. The second-order valence-corrected chi connectivity index (χ2v) is 5.63. The minimum atomic E-state index is -0.532. The van der Waals surface area contributed by atoms with Crippen molar-refractivity contribution in [3.63, 3.8) is 0 Å². The highest BCUT2D eigenvalue weighted by Gasteiger charge is 2.08. The molecule has 2 aromatic rings. The lowest BCUT2D eigenvalue weighted by molar-refractivity contribution is -0.139. The first-order valence-corrected chi connectivity index (χ1v) is 8.69. The smallest absolute Gasteiger partial charge is 0.325 e. The van der Waals surface area contributed by atoms with E-state index >= 15 is 0 Å². The summed E-state index contributed by atoms with van der Waals surface area (Å²) < 4.78 is 9.97. The monoisotopic (exact) mass is 382 g/mol. The SMILES string of the molecule is CCOc1ccccc1/C=C/C(=O)Nc1ccc(C(=O)NCC(=O)OC)cc1. The molecule has 2 rings (SSSR count). The van der Waals surface area contributed by atoms with E-state index in [0.717, 1.165) is 5.56 Å². The van der Waals surface area contributed by atoms with Gasteiger partial charge in [0.2, 0.25) is 5.91 Å². The average Bonchev–Trinajstić information content (AvgIpc) is 2.72. The number of ether oxygens (including phenoxy) is 2. The number of carbonyl (C=O) groups excluding carboxylic acids is 3. The van der Waals surface area contributed by atoms with Crippen LogP contribution in [0.3, 0.4) is 0 Å². The summed E-state index contributed by atoms with van der Waals surface area (Å²) in [5, 5.41) is 5.16. The lowest BCUT2D eigenvalue weighted by Crippen LogP contribution is -2.30. The summed E-state index contributed by atoms with van der Waals surface area (Å²) >= 11 is 0. The van der Waals surface area contributed by atoms with Gasteiger partial charge in [-0.05, 0) is 43.3 Å². The van der Waals surface area contributed by atoms with Gasteiger partial charge in [-0.1, -0.05) is 18.2 Å². The maximum Gasteiger partial charge on any atom is 0.325 e. The van der Waals surface area contributed by atoms with E-state index in [-0.39, 0.29) is 12.5 Å². The Hall–Kier alpha value is -3.61. The summed E-state index contributed by atoms with van der Waals surface area (Å²) in [6, 6.07) is 13.7. The molecule has 0 atom stereocenters. The number of anilines is 1. The summed E-state index contributed by atoms with van der Waals surface area (Å²) in [4.78, 5) is 35.1. The molecule has 0 aliphatic carbocycles. The number of methoxy groups -OCH3 is 1. The molecule has 7 heteroatoms. The molecule has 2 aromatic carbocycles. The molecule has 0 unspecified atom stereocenters. The van der Waals surface area contributed by atoms with Gasteiger partial charge >= 0.3 is 5.97 Å². The molecule has 0 fully saturated rings. The third-order valence-corrected chi connectivity index (χ3v) is 3.67. The Morgan fingerprint density at radius 1 is 1.04 bits per heavy atom. The van der Waals surface area contributed by atoms with E-state index in [0.29, 0.717) is 23.6 Å². The minimum absolute atomic E-state index is 0.207. The third kappa shape index (κ3) is 6.28. The number of para-hydroxylation sites is 1. The van der Waals surface area contributed by atoms with Gasteiger partial charge in [-0.15, -0.1) is 0 Å². The number of hydrogen-bond donors (Lipinski definition) is 2. The molecule has 2 N–H and O–H groups in total. The molecule has 2 amide bonds. The third-order valence-electron chi connectivity index (χ3n) is 3.67. The predicted octanol–water partition coefficient (Wildman–Crippen LogP) is 2.64. The van der Waals surface area contributed by atoms with Crippen LogP contribution in [-0.4, -0.2) is 38.0 Å². The maximum absolute atomic E-state index is 12.1. The highest BCUT2D eigenvalue weighted by atomic mass is 16.5. The quantitative estimate of drug-likeness (QED) is 0.541. The molecule has 28 heavy (non-hydrogen) atoms. The topological polar surface area (TPSA) is 93.7 Å². The van der Waals surface area contributed by atoms with Crippen LogP contribution in [0.5, 0.6) is 5.75 Å². The van der Waals surface area contributed by atoms with Crippen molar-refractivity contribution in [1.82, 2.24) is 5.32 Å². The zero-order valence-electron chi connectivity index (χ0n) is 15.7. The van der Waals surface area contributed by atoms with Crippen LogP contribution in [-0.2, 0) is 14.3 Å². The Morgan fingerprint density at radius 2 is 1.75 bits per heavy atom. The fraction of sp³-hybridized carbons (Fsp3) is 0.190. The number of benzene rings is 2. The molecule has 0 saturated heterocycles. The first-order valence-electron chi connectivity index (χ1n) is 8.69. The Kier molecular flexibility index (Phi) is 7.77. The van der Waals surface area contributed by atoms with E-state index < -0.39 is 11.9 Å². The summed E-state index contributed by atoms with van der Waals surface area (Å²) in [6.07, 6.45) is 3.09. The Labute approximate surface area is 163 Å². The molecule has 0 saturated carbocycles. The van der Waals surface area contributed by atoms with Crippen LogP contribution >= 0.6 is 0 Å². The summed E-state index contributed by atoms with van der Waals surface area (Å²) in [7, 11) is 1.25. The highest BCUT2D eigenvalue weighted by Crippen LogP contribution is 2.19. The number of esters is 1. The minimum Gasteiger partial charge on any atom is -0.493 e. The van der Waals surface area contributed by atoms with Crippen molar-refractivity contribution in [1.29, 1.82) is 0 Å². The van der Waals surface area contributed by atoms with E-state index in [2.05, 4.69) is 15.4 Å². The van der Waals surface area contributed by atoms with Gasteiger partial charge in [-0.25, -0.2) is 0 Å². The van der Waals surface area contributed by atoms with Gasteiger partial charge in [0.05, 0.1) is 13.7 Å². The normalized spacial score (nSPS) is 10.4. The highest BCUT2D eigenvalue weighted by molar-refractivity contribution is 6.02. The number of rotatable bonds is 8. The molecular weight excluding hydrogens is 360 g/mol. The Bertz CT molecular complexity index is 859. The van der Waals surface area contributed by atoms with E-state index in [1.165, 1.54) is 13.2 Å². The summed E-state index contributed by atoms with van der Waals surface area (Å²) in [6.45, 7) is 2.23. The van der Waals surface area contributed by atoms with Crippen molar-refractivity contribution in [2.75, 3.05) is 25.6 Å². The predicted molar refractivity (Wildman–Crippen MR) is 106 cm³/mol. The zero-order chi connectivity index (χ0) is 20.4.